The van der Waals surface area contributed by atoms with Gasteiger partial charge in [-0.25, -0.2) is 8.42 Å². The number of aliphatic imine (C=N–C) groups is 1. The third-order valence-electron chi connectivity index (χ3n) is 4.48. The van der Waals surface area contributed by atoms with Gasteiger partial charge in [-0.05, 0) is 30.3 Å². The zero-order chi connectivity index (χ0) is 19.7. The van der Waals surface area contributed by atoms with E-state index in [1.807, 2.05) is 47.4 Å². The van der Waals surface area contributed by atoms with Gasteiger partial charge in [0.2, 0.25) is 0 Å². The van der Waals surface area contributed by atoms with E-state index >= 15 is 0 Å². The fourth-order valence-electron chi connectivity index (χ4n) is 3.29. The second-order valence-corrected chi connectivity index (χ2v) is 10.8. The van der Waals surface area contributed by atoms with E-state index in [4.69, 9.17) is 4.74 Å². The molecule has 2 aromatic rings. The van der Waals surface area contributed by atoms with Crippen LogP contribution < -0.4 is 9.64 Å². The first kappa shape index (κ1) is 19.5. The molecule has 2 fully saturated rings. The summed E-state index contributed by atoms with van der Waals surface area (Å²) in [5.41, 5.74) is 0.807. The Morgan fingerprint density at radius 2 is 1.96 bits per heavy atom. The first-order valence-corrected chi connectivity index (χ1v) is 12.1. The van der Waals surface area contributed by atoms with Crippen LogP contribution in [-0.4, -0.2) is 48.9 Å². The lowest BCUT2D eigenvalue weighted by molar-refractivity contribution is -0.119. The number of halogens is 1. The summed E-state index contributed by atoms with van der Waals surface area (Å²) < 4.78 is 30.6. The maximum absolute atomic E-state index is 12.4. The minimum absolute atomic E-state index is 0.0604. The molecule has 1 amide bonds. The molecule has 146 valence electrons. The number of sulfone groups is 1. The van der Waals surface area contributed by atoms with Gasteiger partial charge in [-0.1, -0.05) is 52.0 Å². The maximum atomic E-state index is 12.4. The fourth-order valence-corrected chi connectivity index (χ4v) is 7.61. The molecule has 0 bridgehead atoms. The highest BCUT2D eigenvalue weighted by molar-refractivity contribution is 9.10. The zero-order valence-corrected chi connectivity index (χ0v) is 17.9. The van der Waals surface area contributed by atoms with Gasteiger partial charge in [-0.2, -0.15) is 4.99 Å². The van der Waals surface area contributed by atoms with E-state index < -0.39 is 15.7 Å². The molecule has 2 saturated heterocycles. The van der Waals surface area contributed by atoms with Crippen molar-refractivity contribution in [3.05, 3.63) is 59.1 Å². The summed E-state index contributed by atoms with van der Waals surface area (Å²) in [7, 11) is -3.09. The molecule has 2 heterocycles. The number of benzene rings is 2. The van der Waals surface area contributed by atoms with Crippen LogP contribution in [0.25, 0.3) is 0 Å². The standard InChI is InChI=1S/C19H17BrN2O4S2/c20-13-5-4-6-14(9-13)22-16-11-28(24,25)12-17(16)27-19(22)21-18(23)10-26-15-7-2-1-3-8-15/h1-9,16-17H,10-12H2. The SMILES string of the molecule is O=C(COc1ccccc1)N=C1SC2CS(=O)(=O)CC2N1c1cccc(Br)c1. The highest BCUT2D eigenvalue weighted by Gasteiger charge is 2.49. The lowest BCUT2D eigenvalue weighted by atomic mass is 10.2. The summed E-state index contributed by atoms with van der Waals surface area (Å²) >= 11 is 4.79. The number of ether oxygens (including phenoxy) is 1. The number of fused-ring (bicyclic) bond motifs is 1. The van der Waals surface area contributed by atoms with Crippen molar-refractivity contribution < 1.29 is 17.9 Å². The van der Waals surface area contributed by atoms with Crippen molar-refractivity contribution in [2.24, 2.45) is 4.99 Å². The van der Waals surface area contributed by atoms with Gasteiger partial charge < -0.3 is 9.64 Å². The van der Waals surface area contributed by atoms with Crippen LogP contribution in [0.4, 0.5) is 5.69 Å². The van der Waals surface area contributed by atoms with Gasteiger partial charge in [0.1, 0.15) is 5.75 Å². The molecular formula is C19H17BrN2O4S2. The van der Waals surface area contributed by atoms with Crippen LogP contribution in [0.2, 0.25) is 0 Å². The quantitative estimate of drug-likeness (QED) is 0.668. The lowest BCUT2D eigenvalue weighted by Gasteiger charge is -2.24. The van der Waals surface area contributed by atoms with E-state index in [1.165, 1.54) is 11.8 Å². The number of anilines is 1. The van der Waals surface area contributed by atoms with Gasteiger partial charge in [0.05, 0.1) is 17.5 Å². The maximum Gasteiger partial charge on any atom is 0.285 e. The van der Waals surface area contributed by atoms with Crippen LogP contribution in [0.3, 0.4) is 0 Å². The molecule has 9 heteroatoms. The zero-order valence-electron chi connectivity index (χ0n) is 14.7. The molecule has 28 heavy (non-hydrogen) atoms. The molecule has 0 N–H and O–H groups in total. The number of amides is 1. The number of carbonyl (C=O) groups is 1. The fraction of sp³-hybridized carbons (Fsp3) is 0.263. The summed E-state index contributed by atoms with van der Waals surface area (Å²) in [4.78, 5) is 18.5. The van der Waals surface area contributed by atoms with Gasteiger partial charge >= 0.3 is 0 Å². The summed E-state index contributed by atoms with van der Waals surface area (Å²) in [5, 5.41) is 0.384. The van der Waals surface area contributed by atoms with Crippen LogP contribution in [0.15, 0.2) is 64.1 Å². The molecule has 0 spiro atoms. The van der Waals surface area contributed by atoms with Crippen molar-refractivity contribution in [3.8, 4) is 5.75 Å². The van der Waals surface area contributed by atoms with Gasteiger partial charge in [0, 0.05) is 15.4 Å². The molecular weight excluding hydrogens is 464 g/mol. The predicted octanol–water partition coefficient (Wildman–Crippen LogP) is 3.13. The molecule has 4 rings (SSSR count). The normalized spacial score (nSPS) is 24.3. The van der Waals surface area contributed by atoms with E-state index in [1.54, 1.807) is 12.1 Å². The van der Waals surface area contributed by atoms with E-state index in [0.717, 1.165) is 10.2 Å². The summed E-state index contributed by atoms with van der Waals surface area (Å²) in [6, 6.07) is 16.4. The van der Waals surface area contributed by atoms with Crippen LogP contribution in [0, 0.1) is 0 Å². The van der Waals surface area contributed by atoms with Crippen LogP contribution in [0.5, 0.6) is 5.75 Å². The predicted molar refractivity (Wildman–Crippen MR) is 115 cm³/mol. The lowest BCUT2D eigenvalue weighted by Crippen LogP contribution is -2.37. The summed E-state index contributed by atoms with van der Waals surface area (Å²) in [5.74, 6) is 0.349. The molecule has 2 unspecified atom stereocenters. The number of carbonyl (C=O) groups excluding carboxylic acids is 1. The first-order chi connectivity index (χ1) is 13.4. The molecule has 2 atom stereocenters. The number of para-hydroxylation sites is 1. The Bertz CT molecular complexity index is 1030. The third-order valence-corrected chi connectivity index (χ3v) is 8.18. The number of rotatable bonds is 4. The average molecular weight is 481 g/mol. The smallest absolute Gasteiger partial charge is 0.285 e. The van der Waals surface area contributed by atoms with Crippen molar-refractivity contribution >= 4 is 54.3 Å². The van der Waals surface area contributed by atoms with E-state index in [0.29, 0.717) is 10.9 Å². The molecule has 0 saturated carbocycles. The number of amidine groups is 1. The Morgan fingerprint density at radius 1 is 1.18 bits per heavy atom. The van der Waals surface area contributed by atoms with Crippen molar-refractivity contribution in [3.63, 3.8) is 0 Å². The van der Waals surface area contributed by atoms with Gasteiger partial charge in [0.25, 0.3) is 5.91 Å². The minimum Gasteiger partial charge on any atom is -0.484 e. The monoisotopic (exact) mass is 480 g/mol. The van der Waals surface area contributed by atoms with Crippen molar-refractivity contribution in [1.29, 1.82) is 0 Å². The van der Waals surface area contributed by atoms with Crippen molar-refractivity contribution in [1.82, 2.24) is 0 Å². The molecule has 6 nitrogen and oxygen atoms in total. The van der Waals surface area contributed by atoms with Crippen LogP contribution >= 0.6 is 27.7 Å². The highest BCUT2D eigenvalue weighted by Crippen LogP contribution is 2.41. The summed E-state index contributed by atoms with van der Waals surface area (Å²) in [6.07, 6.45) is 0. The Morgan fingerprint density at radius 3 is 2.71 bits per heavy atom. The van der Waals surface area contributed by atoms with E-state index in [2.05, 4.69) is 20.9 Å². The highest BCUT2D eigenvalue weighted by atomic mass is 79.9. The molecule has 2 aromatic carbocycles. The average Bonchev–Trinajstić information content (AvgIpc) is 3.11. The molecule has 2 aliphatic rings. The van der Waals surface area contributed by atoms with E-state index in [-0.39, 0.29) is 29.4 Å². The Hall–Kier alpha value is -1.84. The molecule has 0 aliphatic carbocycles. The number of hydrogen-bond donors (Lipinski definition) is 0. The number of hydrogen-bond acceptors (Lipinski definition) is 5. The Balaban J connectivity index is 1.58. The van der Waals surface area contributed by atoms with E-state index in [9.17, 15) is 13.2 Å². The van der Waals surface area contributed by atoms with Gasteiger partial charge in [0.15, 0.2) is 21.6 Å². The van der Waals surface area contributed by atoms with Crippen LogP contribution in [-0.2, 0) is 14.6 Å². The number of nitrogens with zero attached hydrogens (tertiary/aromatic N) is 2. The minimum atomic E-state index is -3.09. The topological polar surface area (TPSA) is 76.0 Å². The number of thioether (sulfide) groups is 1. The van der Waals surface area contributed by atoms with Crippen LogP contribution in [0.1, 0.15) is 0 Å². The second kappa shape index (κ2) is 7.88. The molecule has 0 radical (unpaired) electrons. The second-order valence-electron chi connectivity index (χ2n) is 6.54. The molecule has 2 aliphatic heterocycles. The van der Waals surface area contributed by atoms with Gasteiger partial charge in [-0.15, -0.1) is 0 Å². The van der Waals surface area contributed by atoms with Crippen molar-refractivity contribution in [2.75, 3.05) is 23.0 Å². The first-order valence-electron chi connectivity index (χ1n) is 8.62. The van der Waals surface area contributed by atoms with Crippen molar-refractivity contribution in [2.45, 2.75) is 11.3 Å². The molecule has 0 aromatic heterocycles. The Labute approximate surface area is 176 Å². The largest absolute Gasteiger partial charge is 0.484 e. The van der Waals surface area contributed by atoms with Gasteiger partial charge in [-0.3, -0.25) is 4.79 Å². The summed E-state index contributed by atoms with van der Waals surface area (Å²) in [6.45, 7) is -0.173. The third kappa shape index (κ3) is 4.26. The Kier molecular flexibility index (Phi) is 5.48.